The van der Waals surface area contributed by atoms with E-state index in [4.69, 9.17) is 0 Å². The largest absolute Gasteiger partial charge is 0.416 e. The molecule has 1 fully saturated rings. The molecule has 0 saturated carbocycles. The van der Waals surface area contributed by atoms with Gasteiger partial charge in [-0.05, 0) is 60.7 Å². The van der Waals surface area contributed by atoms with Gasteiger partial charge < -0.3 is 10.2 Å². The zero-order chi connectivity index (χ0) is 25.8. The number of halogens is 3. The Balaban J connectivity index is 1.34. The average molecular weight is 504 g/mol. The Morgan fingerprint density at radius 1 is 0.973 bits per heavy atom. The van der Waals surface area contributed by atoms with Gasteiger partial charge >= 0.3 is 6.18 Å². The van der Waals surface area contributed by atoms with Gasteiger partial charge in [-0.2, -0.15) is 13.2 Å². The van der Waals surface area contributed by atoms with Gasteiger partial charge in [0.15, 0.2) is 0 Å². The summed E-state index contributed by atoms with van der Waals surface area (Å²) in [6.45, 7) is 1.15. The van der Waals surface area contributed by atoms with Crippen LogP contribution in [0, 0.1) is 0 Å². The molecule has 2 atom stereocenters. The van der Waals surface area contributed by atoms with Crippen LogP contribution in [-0.4, -0.2) is 34.4 Å². The van der Waals surface area contributed by atoms with Gasteiger partial charge in [-0.3, -0.25) is 9.78 Å². The highest BCUT2D eigenvalue weighted by Gasteiger charge is 2.34. The monoisotopic (exact) mass is 503 g/mol. The number of nitrogens with one attached hydrogen (secondary N) is 1. The summed E-state index contributed by atoms with van der Waals surface area (Å²) < 4.78 is 39.8. The molecule has 1 N–H and O–H groups in total. The minimum absolute atomic E-state index is 0.0718. The molecule has 4 aromatic rings. The van der Waals surface area contributed by atoms with Gasteiger partial charge in [-0.1, -0.05) is 54.6 Å². The van der Waals surface area contributed by atoms with Crippen LogP contribution in [0.3, 0.4) is 0 Å². The summed E-state index contributed by atoms with van der Waals surface area (Å²) in [6.07, 6.45) is -0.606. The minimum Gasteiger partial charge on any atom is -0.335 e. The van der Waals surface area contributed by atoms with Crippen molar-refractivity contribution in [2.45, 2.75) is 44.1 Å². The number of hydrogen-bond acceptors (Lipinski definition) is 3. The van der Waals surface area contributed by atoms with Crippen molar-refractivity contribution in [3.05, 3.63) is 113 Å². The number of nitrogens with zero attached hydrogens (tertiary/aromatic N) is 2. The van der Waals surface area contributed by atoms with Crippen LogP contribution in [0.2, 0.25) is 0 Å². The van der Waals surface area contributed by atoms with Gasteiger partial charge in [0.2, 0.25) is 0 Å². The lowest BCUT2D eigenvalue weighted by Crippen LogP contribution is -2.51. The van der Waals surface area contributed by atoms with E-state index in [1.165, 1.54) is 12.1 Å². The average Bonchev–Trinajstić information content (AvgIpc) is 2.92. The molecule has 0 bridgehead atoms. The van der Waals surface area contributed by atoms with E-state index in [9.17, 15) is 18.0 Å². The van der Waals surface area contributed by atoms with E-state index in [0.717, 1.165) is 40.6 Å². The number of hydrogen-bond donors (Lipinski definition) is 1. The first-order valence-electron chi connectivity index (χ1n) is 12.5. The summed E-state index contributed by atoms with van der Waals surface area (Å²) in [5.74, 6) is -0.356. The second-order valence-electron chi connectivity index (χ2n) is 9.51. The Labute approximate surface area is 214 Å². The molecule has 37 heavy (non-hydrogen) atoms. The van der Waals surface area contributed by atoms with Crippen LogP contribution >= 0.6 is 0 Å². The quantitative estimate of drug-likeness (QED) is 0.338. The summed E-state index contributed by atoms with van der Waals surface area (Å²) in [6, 6.07) is 24.7. The van der Waals surface area contributed by atoms with Crippen molar-refractivity contribution in [1.82, 2.24) is 15.2 Å². The van der Waals surface area contributed by atoms with E-state index >= 15 is 0 Å². The Kier molecular flexibility index (Phi) is 7.24. The van der Waals surface area contributed by atoms with Gasteiger partial charge in [0.05, 0.1) is 11.1 Å². The zero-order valence-corrected chi connectivity index (χ0v) is 20.3. The SMILES string of the molecule is O=C(c1cccc(C(F)(F)F)c1)N1CCC(NCc2ccnc3ccccc23)CC1Cc1ccccc1. The molecule has 7 heteroatoms. The first-order chi connectivity index (χ1) is 17.9. The molecule has 1 amide bonds. The highest BCUT2D eigenvalue weighted by Crippen LogP contribution is 2.31. The van der Waals surface area contributed by atoms with Crippen LogP contribution in [0.4, 0.5) is 13.2 Å². The smallest absolute Gasteiger partial charge is 0.335 e. The third kappa shape index (κ3) is 5.83. The summed E-state index contributed by atoms with van der Waals surface area (Å²) in [4.78, 5) is 19.6. The summed E-state index contributed by atoms with van der Waals surface area (Å²) in [5, 5.41) is 4.77. The van der Waals surface area contributed by atoms with Gasteiger partial charge in [-0.25, -0.2) is 0 Å². The maximum absolute atomic E-state index is 13.4. The number of fused-ring (bicyclic) bond motifs is 1. The standard InChI is InChI=1S/C30H28F3N3O/c31-30(32,33)24-10-6-9-22(18-24)29(37)36-16-14-25(19-26(36)17-21-7-2-1-3-8-21)35-20-23-13-15-34-28-12-5-4-11-27(23)28/h1-13,15,18,25-26,35H,14,16-17,19-20H2. The molecule has 5 rings (SSSR count). The van der Waals surface area contributed by atoms with Crippen LogP contribution in [0.25, 0.3) is 10.9 Å². The number of para-hydroxylation sites is 1. The minimum atomic E-state index is -4.49. The van der Waals surface area contributed by atoms with Crippen LogP contribution < -0.4 is 5.32 Å². The summed E-state index contributed by atoms with van der Waals surface area (Å²) in [7, 11) is 0. The lowest BCUT2D eigenvalue weighted by atomic mass is 9.91. The molecule has 1 aromatic heterocycles. The zero-order valence-electron chi connectivity index (χ0n) is 20.3. The van der Waals surface area contributed by atoms with Gasteiger partial charge in [0, 0.05) is 42.3 Å². The van der Waals surface area contributed by atoms with E-state index < -0.39 is 11.7 Å². The van der Waals surface area contributed by atoms with Crippen LogP contribution in [0.15, 0.2) is 91.1 Å². The number of piperidine rings is 1. The van der Waals surface area contributed by atoms with Crippen LogP contribution in [0.5, 0.6) is 0 Å². The fraction of sp³-hybridized carbons (Fsp3) is 0.267. The number of rotatable bonds is 6. The highest BCUT2D eigenvalue weighted by atomic mass is 19.4. The molecule has 1 saturated heterocycles. The van der Waals surface area contributed by atoms with Gasteiger partial charge in [0.25, 0.3) is 5.91 Å². The van der Waals surface area contributed by atoms with E-state index in [-0.39, 0.29) is 23.6 Å². The predicted molar refractivity (Wildman–Crippen MR) is 138 cm³/mol. The molecule has 4 nitrogen and oxygen atoms in total. The van der Waals surface area contributed by atoms with E-state index in [1.807, 2.05) is 60.8 Å². The molecule has 190 valence electrons. The van der Waals surface area contributed by atoms with Crippen molar-refractivity contribution < 1.29 is 18.0 Å². The number of carbonyl (C=O) groups excluding carboxylic acids is 1. The summed E-state index contributed by atoms with van der Waals surface area (Å²) >= 11 is 0. The Bertz CT molecular complexity index is 1370. The van der Waals surface area contributed by atoms with Gasteiger partial charge in [-0.15, -0.1) is 0 Å². The molecule has 0 radical (unpaired) electrons. The molecule has 0 spiro atoms. The fourth-order valence-corrected chi connectivity index (χ4v) is 5.14. The number of aromatic nitrogens is 1. The molecule has 2 unspecified atom stereocenters. The van der Waals surface area contributed by atoms with Gasteiger partial charge in [0.1, 0.15) is 0 Å². The number of carbonyl (C=O) groups is 1. The predicted octanol–water partition coefficient (Wildman–Crippen LogP) is 6.26. The first-order valence-corrected chi connectivity index (χ1v) is 12.5. The van der Waals surface area contributed by atoms with Crippen molar-refractivity contribution in [3.8, 4) is 0 Å². The Morgan fingerprint density at radius 2 is 1.76 bits per heavy atom. The molecule has 2 heterocycles. The second kappa shape index (κ2) is 10.7. The number of likely N-dealkylation sites (tertiary alicyclic amines) is 1. The van der Waals surface area contributed by atoms with Crippen molar-refractivity contribution >= 4 is 16.8 Å². The maximum atomic E-state index is 13.4. The number of alkyl halides is 3. The van der Waals surface area contributed by atoms with Crippen molar-refractivity contribution in [3.63, 3.8) is 0 Å². The van der Waals surface area contributed by atoms with Crippen LogP contribution in [-0.2, 0) is 19.1 Å². The second-order valence-corrected chi connectivity index (χ2v) is 9.51. The number of amides is 1. The summed E-state index contributed by atoms with van der Waals surface area (Å²) in [5.41, 5.74) is 2.47. The molecule has 0 aliphatic carbocycles. The Morgan fingerprint density at radius 3 is 2.57 bits per heavy atom. The third-order valence-electron chi connectivity index (χ3n) is 7.05. The molecule has 1 aliphatic rings. The van der Waals surface area contributed by atoms with Crippen molar-refractivity contribution in [1.29, 1.82) is 0 Å². The molecule has 3 aromatic carbocycles. The number of pyridine rings is 1. The molecule has 1 aliphatic heterocycles. The van der Waals surface area contributed by atoms with E-state index in [0.29, 0.717) is 25.9 Å². The first kappa shape index (κ1) is 25.0. The lowest BCUT2D eigenvalue weighted by Gasteiger charge is -2.40. The Hall–Kier alpha value is -3.71. The highest BCUT2D eigenvalue weighted by molar-refractivity contribution is 5.94. The van der Waals surface area contributed by atoms with Crippen LogP contribution in [0.1, 0.15) is 39.9 Å². The van der Waals surface area contributed by atoms with E-state index in [2.05, 4.69) is 16.4 Å². The maximum Gasteiger partial charge on any atom is 0.416 e. The van der Waals surface area contributed by atoms with Crippen molar-refractivity contribution in [2.24, 2.45) is 0 Å². The van der Waals surface area contributed by atoms with E-state index in [1.54, 1.807) is 4.90 Å². The molecular formula is C30H28F3N3O. The molecular weight excluding hydrogens is 475 g/mol. The number of benzene rings is 3. The topological polar surface area (TPSA) is 45.2 Å². The lowest BCUT2D eigenvalue weighted by molar-refractivity contribution is -0.137. The third-order valence-corrected chi connectivity index (χ3v) is 7.05. The van der Waals surface area contributed by atoms with Crippen molar-refractivity contribution in [2.75, 3.05) is 6.54 Å². The normalized spacial score (nSPS) is 18.2. The fourth-order valence-electron chi connectivity index (χ4n) is 5.14.